The van der Waals surface area contributed by atoms with Crippen LogP contribution in [0.1, 0.15) is 92.4 Å². The Labute approximate surface area is 194 Å². The monoisotopic (exact) mass is 426 g/mol. The average Bonchev–Trinajstić information content (AvgIpc) is 3.61. The van der Waals surface area contributed by atoms with Crippen molar-refractivity contribution in [2.75, 3.05) is 33.2 Å². The van der Waals surface area contributed by atoms with E-state index in [1.54, 1.807) is 0 Å². The van der Waals surface area contributed by atoms with Crippen molar-refractivity contribution in [1.82, 2.24) is 9.80 Å². The molecule has 0 spiro atoms. The molecule has 0 aromatic carbocycles. The van der Waals surface area contributed by atoms with Gasteiger partial charge in [0.15, 0.2) is 0 Å². The van der Waals surface area contributed by atoms with Crippen molar-refractivity contribution in [2.24, 2.45) is 5.41 Å². The summed E-state index contributed by atoms with van der Waals surface area (Å²) in [5, 5.41) is 0. The molecule has 0 bridgehead atoms. The predicted molar refractivity (Wildman–Crippen MR) is 139 cm³/mol. The van der Waals surface area contributed by atoms with Crippen LogP contribution in [-0.4, -0.2) is 43.0 Å². The molecule has 0 N–H and O–H groups in total. The van der Waals surface area contributed by atoms with Gasteiger partial charge in [0.25, 0.3) is 0 Å². The minimum Gasteiger partial charge on any atom is -0.367 e. The number of hydrogen-bond acceptors (Lipinski definition) is 2. The highest BCUT2D eigenvalue weighted by atomic mass is 15.2. The molecule has 0 aromatic rings. The third-order valence-electron chi connectivity index (χ3n) is 6.85. The lowest BCUT2D eigenvalue weighted by molar-refractivity contribution is 0.253. The van der Waals surface area contributed by atoms with E-state index in [1.165, 1.54) is 74.8 Å². The van der Waals surface area contributed by atoms with Crippen molar-refractivity contribution in [3.8, 4) is 0 Å². The van der Waals surface area contributed by atoms with E-state index < -0.39 is 0 Å². The number of rotatable bonds is 15. The Morgan fingerprint density at radius 2 is 1.71 bits per heavy atom. The van der Waals surface area contributed by atoms with Crippen molar-refractivity contribution < 1.29 is 0 Å². The molecule has 2 rings (SSSR count). The molecule has 2 heteroatoms. The fourth-order valence-electron chi connectivity index (χ4n) is 4.10. The number of likely N-dealkylation sites (N-methyl/N-ethyl adjacent to an activating group) is 2. The van der Waals surface area contributed by atoms with E-state index in [1.807, 2.05) is 13.8 Å². The Kier molecular flexibility index (Phi) is 13.6. The second kappa shape index (κ2) is 15.3. The van der Waals surface area contributed by atoms with E-state index in [-0.39, 0.29) is 0 Å². The van der Waals surface area contributed by atoms with Crippen LogP contribution < -0.4 is 0 Å². The molecule has 0 aliphatic heterocycles. The Hall–Kier alpha value is -1.50. The summed E-state index contributed by atoms with van der Waals surface area (Å²) in [7, 11) is 2.19. The van der Waals surface area contributed by atoms with Gasteiger partial charge in [0.2, 0.25) is 0 Å². The summed E-state index contributed by atoms with van der Waals surface area (Å²) in [5.74, 6) is 0. The van der Waals surface area contributed by atoms with Crippen LogP contribution in [-0.2, 0) is 0 Å². The standard InChI is InChI=1S/C27H44N2.C2H6/c1-6-9-20-29(8-3)22-21-28(5)26-16-11-10-15-25(23-26)24(4)14-12-13-17-27(7-2)18-19-27;1-2/h10-11,15-16H,4,6-9,12-14,17-22H2,1-3,5H3;1-2H3. The van der Waals surface area contributed by atoms with Gasteiger partial charge in [-0.05, 0) is 74.8 Å². The summed E-state index contributed by atoms with van der Waals surface area (Å²) < 4.78 is 0. The average molecular weight is 427 g/mol. The van der Waals surface area contributed by atoms with Crippen molar-refractivity contribution >= 4 is 0 Å². The van der Waals surface area contributed by atoms with Gasteiger partial charge in [0, 0.05) is 25.7 Å². The number of unbranched alkanes of at least 4 members (excludes halogenated alkanes) is 2. The first-order chi connectivity index (χ1) is 15.0. The van der Waals surface area contributed by atoms with E-state index >= 15 is 0 Å². The van der Waals surface area contributed by atoms with E-state index in [9.17, 15) is 0 Å². The zero-order valence-electron chi connectivity index (χ0n) is 21.6. The largest absolute Gasteiger partial charge is 0.367 e. The van der Waals surface area contributed by atoms with Crippen molar-refractivity contribution in [2.45, 2.75) is 92.4 Å². The molecular weight excluding hydrogens is 376 g/mol. The van der Waals surface area contributed by atoms with Crippen LogP contribution in [0.2, 0.25) is 0 Å². The molecule has 1 fully saturated rings. The molecule has 176 valence electrons. The van der Waals surface area contributed by atoms with Gasteiger partial charge in [-0.2, -0.15) is 0 Å². The van der Waals surface area contributed by atoms with Crippen molar-refractivity contribution in [3.05, 3.63) is 53.5 Å². The molecule has 0 amide bonds. The first-order valence-corrected chi connectivity index (χ1v) is 13.0. The molecule has 2 nitrogen and oxygen atoms in total. The quantitative estimate of drug-likeness (QED) is 0.194. The highest BCUT2D eigenvalue weighted by Gasteiger charge is 2.39. The second-order valence-corrected chi connectivity index (χ2v) is 9.02. The van der Waals surface area contributed by atoms with Crippen molar-refractivity contribution in [1.29, 1.82) is 0 Å². The zero-order chi connectivity index (χ0) is 23.1. The van der Waals surface area contributed by atoms with Crippen LogP contribution in [0.4, 0.5) is 0 Å². The molecule has 0 heterocycles. The van der Waals surface area contributed by atoms with Gasteiger partial charge < -0.3 is 9.80 Å². The van der Waals surface area contributed by atoms with Gasteiger partial charge in [0.1, 0.15) is 0 Å². The molecule has 0 atom stereocenters. The fraction of sp³-hybridized carbons (Fsp3) is 0.690. The molecule has 0 aromatic heterocycles. The van der Waals surface area contributed by atoms with Gasteiger partial charge in [-0.3, -0.25) is 0 Å². The lowest BCUT2D eigenvalue weighted by atomic mass is 9.94. The lowest BCUT2D eigenvalue weighted by Gasteiger charge is -2.25. The summed E-state index contributed by atoms with van der Waals surface area (Å²) in [4.78, 5) is 4.88. The van der Waals surface area contributed by atoms with Gasteiger partial charge in [-0.25, -0.2) is 0 Å². The molecule has 2 aliphatic carbocycles. The molecule has 0 radical (unpaired) electrons. The van der Waals surface area contributed by atoms with Crippen LogP contribution in [0, 0.1) is 5.41 Å². The third kappa shape index (κ3) is 10.1. The maximum atomic E-state index is 4.39. The Bertz CT molecular complexity index is 642. The molecular formula is C29H50N2. The summed E-state index contributed by atoms with van der Waals surface area (Å²) in [6.45, 7) is 19.7. The summed E-state index contributed by atoms with van der Waals surface area (Å²) >= 11 is 0. The van der Waals surface area contributed by atoms with E-state index in [2.05, 4.69) is 74.2 Å². The smallest absolute Gasteiger partial charge is 0.0803 e. The van der Waals surface area contributed by atoms with Crippen LogP contribution in [0.3, 0.4) is 0 Å². The number of allylic oxidation sites excluding steroid dienone is 5. The summed E-state index contributed by atoms with van der Waals surface area (Å²) in [6, 6.07) is 0. The Morgan fingerprint density at radius 1 is 1.00 bits per heavy atom. The van der Waals surface area contributed by atoms with Crippen LogP contribution in [0.15, 0.2) is 53.5 Å². The van der Waals surface area contributed by atoms with Gasteiger partial charge in [-0.1, -0.05) is 78.3 Å². The first kappa shape index (κ1) is 27.5. The maximum absolute atomic E-state index is 4.39. The van der Waals surface area contributed by atoms with Gasteiger partial charge >= 0.3 is 0 Å². The Balaban J connectivity index is 0.00000233. The predicted octanol–water partition coefficient (Wildman–Crippen LogP) is 7.91. The van der Waals surface area contributed by atoms with Crippen LogP contribution >= 0.6 is 0 Å². The zero-order valence-corrected chi connectivity index (χ0v) is 21.6. The van der Waals surface area contributed by atoms with E-state index in [4.69, 9.17) is 0 Å². The minimum atomic E-state index is 0.714. The van der Waals surface area contributed by atoms with E-state index in [0.717, 1.165) is 26.1 Å². The number of nitrogens with zero attached hydrogens (tertiary/aromatic N) is 2. The Morgan fingerprint density at radius 3 is 2.32 bits per heavy atom. The minimum absolute atomic E-state index is 0.714. The SMILES string of the molecule is C=C(CCCCC1(CC)CC1)C1=C=C(N(C)CCN(CC)CCCC)C=CC=C1.CC. The second-order valence-electron chi connectivity index (χ2n) is 9.02. The van der Waals surface area contributed by atoms with Gasteiger partial charge in [-0.15, -0.1) is 0 Å². The van der Waals surface area contributed by atoms with Crippen LogP contribution in [0.25, 0.3) is 0 Å². The number of hydrogen-bond donors (Lipinski definition) is 0. The topological polar surface area (TPSA) is 6.48 Å². The highest BCUT2D eigenvalue weighted by Crippen LogP contribution is 2.52. The molecule has 0 unspecified atom stereocenters. The molecule has 31 heavy (non-hydrogen) atoms. The molecule has 1 saturated carbocycles. The normalized spacial score (nSPS) is 16.2. The molecule has 2 aliphatic rings. The maximum Gasteiger partial charge on any atom is 0.0803 e. The lowest BCUT2D eigenvalue weighted by Crippen LogP contribution is -2.33. The summed E-state index contributed by atoms with van der Waals surface area (Å²) in [6.07, 6.45) is 20.5. The first-order valence-electron chi connectivity index (χ1n) is 13.0. The molecule has 0 saturated heterocycles. The highest BCUT2D eigenvalue weighted by molar-refractivity contribution is 5.43. The fourth-order valence-corrected chi connectivity index (χ4v) is 4.10. The van der Waals surface area contributed by atoms with Crippen molar-refractivity contribution in [3.63, 3.8) is 0 Å². The van der Waals surface area contributed by atoms with E-state index in [0.29, 0.717) is 5.41 Å². The van der Waals surface area contributed by atoms with Crippen LogP contribution in [0.5, 0.6) is 0 Å². The summed E-state index contributed by atoms with van der Waals surface area (Å²) in [5.41, 5.74) is 7.93. The third-order valence-corrected chi connectivity index (χ3v) is 6.85. The van der Waals surface area contributed by atoms with Gasteiger partial charge in [0.05, 0.1) is 5.70 Å².